The van der Waals surface area contributed by atoms with Gasteiger partial charge in [0.25, 0.3) is 0 Å². The Labute approximate surface area is 136 Å². The van der Waals surface area contributed by atoms with E-state index < -0.39 is 0 Å². The minimum atomic E-state index is 0.197. The number of ether oxygens (including phenoxy) is 1. The van der Waals surface area contributed by atoms with Crippen molar-refractivity contribution in [1.29, 1.82) is 0 Å². The molecule has 0 fully saturated rings. The SMILES string of the molecule is CCC(=O)c1ccc(SCCCOc2ccccc2C)cc1. The Morgan fingerprint density at radius 1 is 1.09 bits per heavy atom. The minimum Gasteiger partial charge on any atom is -0.493 e. The third-order valence-corrected chi connectivity index (χ3v) is 4.50. The largest absolute Gasteiger partial charge is 0.493 e. The van der Waals surface area contributed by atoms with E-state index in [0.29, 0.717) is 6.42 Å². The molecule has 3 heteroatoms. The van der Waals surface area contributed by atoms with Crippen LogP contribution < -0.4 is 4.74 Å². The van der Waals surface area contributed by atoms with Crippen LogP contribution in [0.4, 0.5) is 0 Å². The van der Waals surface area contributed by atoms with E-state index in [9.17, 15) is 4.79 Å². The van der Waals surface area contributed by atoms with Gasteiger partial charge in [-0.15, -0.1) is 11.8 Å². The normalized spacial score (nSPS) is 10.5. The van der Waals surface area contributed by atoms with Gasteiger partial charge in [-0.2, -0.15) is 0 Å². The number of carbonyl (C=O) groups is 1. The Hall–Kier alpha value is -1.74. The summed E-state index contributed by atoms with van der Waals surface area (Å²) >= 11 is 1.80. The average molecular weight is 314 g/mol. The van der Waals surface area contributed by atoms with Crippen molar-refractivity contribution in [1.82, 2.24) is 0 Å². The second-order valence-electron chi connectivity index (χ2n) is 5.12. The Morgan fingerprint density at radius 3 is 2.50 bits per heavy atom. The zero-order chi connectivity index (χ0) is 15.8. The summed E-state index contributed by atoms with van der Waals surface area (Å²) in [6, 6.07) is 16.0. The highest BCUT2D eigenvalue weighted by atomic mass is 32.2. The van der Waals surface area contributed by atoms with Crippen LogP contribution in [-0.4, -0.2) is 18.1 Å². The monoisotopic (exact) mass is 314 g/mol. The maximum atomic E-state index is 11.6. The zero-order valence-corrected chi connectivity index (χ0v) is 14.0. The minimum absolute atomic E-state index is 0.197. The molecule has 0 aliphatic heterocycles. The van der Waals surface area contributed by atoms with E-state index in [1.54, 1.807) is 11.8 Å². The highest BCUT2D eigenvalue weighted by Crippen LogP contribution is 2.21. The molecule has 0 saturated carbocycles. The number of carbonyl (C=O) groups excluding carboxylic acids is 1. The standard InChI is InChI=1S/C19H22O2S/c1-3-18(20)16-9-11-17(12-10-16)22-14-6-13-21-19-8-5-4-7-15(19)2/h4-5,7-12H,3,6,13-14H2,1-2H3. The Bertz CT molecular complexity index is 605. The van der Waals surface area contributed by atoms with Crippen LogP contribution >= 0.6 is 11.8 Å². The van der Waals surface area contributed by atoms with Crippen LogP contribution in [0.3, 0.4) is 0 Å². The molecular weight excluding hydrogens is 292 g/mol. The molecule has 2 rings (SSSR count). The maximum absolute atomic E-state index is 11.6. The lowest BCUT2D eigenvalue weighted by molar-refractivity contribution is 0.0988. The molecule has 0 aliphatic rings. The molecular formula is C19H22O2S. The zero-order valence-electron chi connectivity index (χ0n) is 13.2. The molecule has 0 saturated heterocycles. The summed E-state index contributed by atoms with van der Waals surface area (Å²) in [6.45, 7) is 4.67. The van der Waals surface area contributed by atoms with Crippen LogP contribution in [0, 0.1) is 6.92 Å². The number of rotatable bonds is 8. The Morgan fingerprint density at radius 2 is 1.82 bits per heavy atom. The van der Waals surface area contributed by atoms with Gasteiger partial charge in [0.15, 0.2) is 5.78 Å². The van der Waals surface area contributed by atoms with E-state index >= 15 is 0 Å². The van der Waals surface area contributed by atoms with Crippen LogP contribution in [0.25, 0.3) is 0 Å². The second kappa shape index (κ2) is 8.64. The highest BCUT2D eigenvalue weighted by molar-refractivity contribution is 7.99. The fraction of sp³-hybridized carbons (Fsp3) is 0.316. The summed E-state index contributed by atoms with van der Waals surface area (Å²) < 4.78 is 5.78. The van der Waals surface area contributed by atoms with Gasteiger partial charge in [-0.05, 0) is 37.1 Å². The quantitative estimate of drug-likeness (QED) is 0.383. The molecule has 0 heterocycles. The second-order valence-corrected chi connectivity index (χ2v) is 6.29. The number of Topliss-reactive ketones (excluding diaryl/α,β-unsaturated/α-hetero) is 1. The van der Waals surface area contributed by atoms with Gasteiger partial charge < -0.3 is 4.74 Å². The fourth-order valence-corrected chi connectivity index (χ4v) is 2.92. The van der Waals surface area contributed by atoms with E-state index in [-0.39, 0.29) is 5.78 Å². The van der Waals surface area contributed by atoms with Crippen molar-refractivity contribution in [3.8, 4) is 5.75 Å². The van der Waals surface area contributed by atoms with Crippen molar-refractivity contribution >= 4 is 17.5 Å². The van der Waals surface area contributed by atoms with Crippen molar-refractivity contribution in [3.05, 3.63) is 59.7 Å². The Kier molecular flexibility index (Phi) is 6.53. The molecule has 0 bridgehead atoms. The molecule has 0 radical (unpaired) electrons. The van der Waals surface area contributed by atoms with E-state index in [2.05, 4.69) is 13.0 Å². The van der Waals surface area contributed by atoms with E-state index in [1.165, 1.54) is 10.5 Å². The number of para-hydroxylation sites is 1. The third kappa shape index (κ3) is 4.92. The van der Waals surface area contributed by atoms with Gasteiger partial charge in [-0.3, -0.25) is 4.79 Å². The van der Waals surface area contributed by atoms with Crippen molar-refractivity contribution in [3.63, 3.8) is 0 Å². The first-order chi connectivity index (χ1) is 10.7. The fourth-order valence-electron chi connectivity index (χ4n) is 2.09. The summed E-state index contributed by atoms with van der Waals surface area (Å²) in [6.07, 6.45) is 1.55. The first-order valence-corrected chi connectivity index (χ1v) is 8.63. The van der Waals surface area contributed by atoms with Gasteiger partial charge in [0.2, 0.25) is 0 Å². The first kappa shape index (κ1) is 16.6. The molecule has 0 aliphatic carbocycles. The molecule has 2 aromatic carbocycles. The van der Waals surface area contributed by atoms with Gasteiger partial charge in [0.05, 0.1) is 6.61 Å². The number of hydrogen-bond donors (Lipinski definition) is 0. The molecule has 0 atom stereocenters. The topological polar surface area (TPSA) is 26.3 Å². The van der Waals surface area contributed by atoms with Gasteiger partial charge >= 0.3 is 0 Å². The average Bonchev–Trinajstić information content (AvgIpc) is 2.56. The van der Waals surface area contributed by atoms with Gasteiger partial charge in [0, 0.05) is 22.6 Å². The van der Waals surface area contributed by atoms with Crippen molar-refractivity contribution in [2.75, 3.05) is 12.4 Å². The molecule has 22 heavy (non-hydrogen) atoms. The maximum Gasteiger partial charge on any atom is 0.162 e. The number of hydrogen-bond acceptors (Lipinski definition) is 3. The van der Waals surface area contributed by atoms with Gasteiger partial charge in [0.1, 0.15) is 5.75 Å². The molecule has 0 amide bonds. The molecule has 0 unspecified atom stereocenters. The molecule has 0 aromatic heterocycles. The summed E-state index contributed by atoms with van der Waals surface area (Å²) in [4.78, 5) is 12.8. The summed E-state index contributed by atoms with van der Waals surface area (Å²) in [5.74, 6) is 2.17. The first-order valence-electron chi connectivity index (χ1n) is 7.65. The lowest BCUT2D eigenvalue weighted by atomic mass is 10.1. The molecule has 0 N–H and O–H groups in total. The van der Waals surface area contributed by atoms with Crippen LogP contribution in [-0.2, 0) is 0 Å². The van der Waals surface area contributed by atoms with E-state index in [4.69, 9.17) is 4.74 Å². The molecule has 2 aromatic rings. The van der Waals surface area contributed by atoms with Crippen LogP contribution in [0.1, 0.15) is 35.7 Å². The number of aryl methyl sites for hydroxylation is 1. The summed E-state index contributed by atoms with van der Waals surface area (Å²) in [5.41, 5.74) is 1.97. The lowest BCUT2D eigenvalue weighted by Gasteiger charge is -2.08. The van der Waals surface area contributed by atoms with Gasteiger partial charge in [-0.25, -0.2) is 0 Å². The van der Waals surface area contributed by atoms with Gasteiger partial charge in [-0.1, -0.05) is 37.3 Å². The van der Waals surface area contributed by atoms with E-state index in [1.807, 2.05) is 49.4 Å². The van der Waals surface area contributed by atoms with Crippen LogP contribution in [0.2, 0.25) is 0 Å². The summed E-state index contributed by atoms with van der Waals surface area (Å²) in [7, 11) is 0. The predicted octanol–water partition coefficient (Wildman–Crippen LogP) is 5.15. The predicted molar refractivity (Wildman–Crippen MR) is 93.1 cm³/mol. The molecule has 0 spiro atoms. The number of thioether (sulfide) groups is 1. The Balaban J connectivity index is 1.70. The smallest absolute Gasteiger partial charge is 0.162 e. The lowest BCUT2D eigenvalue weighted by Crippen LogP contribution is -2.00. The van der Waals surface area contributed by atoms with E-state index in [0.717, 1.165) is 30.1 Å². The summed E-state index contributed by atoms with van der Waals surface area (Å²) in [5, 5.41) is 0. The number of benzene rings is 2. The molecule has 2 nitrogen and oxygen atoms in total. The van der Waals surface area contributed by atoms with Crippen molar-refractivity contribution in [2.45, 2.75) is 31.6 Å². The molecule has 116 valence electrons. The van der Waals surface area contributed by atoms with Crippen molar-refractivity contribution < 1.29 is 9.53 Å². The highest BCUT2D eigenvalue weighted by Gasteiger charge is 2.03. The van der Waals surface area contributed by atoms with Crippen LogP contribution in [0.15, 0.2) is 53.4 Å². The van der Waals surface area contributed by atoms with Crippen LogP contribution in [0.5, 0.6) is 5.75 Å². The third-order valence-electron chi connectivity index (χ3n) is 3.41. The number of ketones is 1. The van der Waals surface area contributed by atoms with Crippen molar-refractivity contribution in [2.24, 2.45) is 0 Å².